The quantitative estimate of drug-likeness (QED) is 0.217. The van der Waals surface area contributed by atoms with Gasteiger partial charge in [-0.1, -0.05) is 104 Å². The number of hydrogen-bond donors (Lipinski definition) is 0. The van der Waals surface area contributed by atoms with Gasteiger partial charge in [0.1, 0.15) is 0 Å². The van der Waals surface area contributed by atoms with Crippen LogP contribution in [-0.4, -0.2) is 7.35 Å². The lowest BCUT2D eigenvalue weighted by atomic mass is 9.67. The van der Waals surface area contributed by atoms with Crippen molar-refractivity contribution in [3.8, 4) is 0 Å². The summed E-state index contributed by atoms with van der Waals surface area (Å²) in [4.78, 5) is 0. The van der Waals surface area contributed by atoms with Crippen LogP contribution in [0.15, 0.2) is 23.8 Å². The number of alkyl halides is 2. The Hall–Kier alpha value is 0.940. The monoisotopic (exact) mass is 486 g/mol. The van der Waals surface area contributed by atoms with Crippen LogP contribution in [0.4, 0.5) is 0 Å². The maximum Gasteiger partial charge on any atom is 0.0356 e. The molecule has 0 N–H and O–H groups in total. The van der Waals surface area contributed by atoms with E-state index in [-0.39, 0.29) is 0 Å². The molecular formula is C17H28I2. The maximum absolute atomic E-state index is 4.39. The van der Waals surface area contributed by atoms with Crippen molar-refractivity contribution in [1.82, 2.24) is 0 Å². The second kappa shape index (κ2) is 7.28. The molecule has 0 fully saturated rings. The van der Waals surface area contributed by atoms with Gasteiger partial charge in [0.25, 0.3) is 0 Å². The first-order chi connectivity index (χ1) is 8.79. The smallest absolute Gasteiger partial charge is 0.0356 e. The van der Waals surface area contributed by atoms with Gasteiger partial charge in [-0.3, -0.25) is 0 Å². The molecule has 0 aliphatic heterocycles. The lowest BCUT2D eigenvalue weighted by Gasteiger charge is -2.46. The summed E-state index contributed by atoms with van der Waals surface area (Å²) >= 11 is 5.36. The molecule has 0 bridgehead atoms. The SMILES string of the molecule is C=C(CC)C(C(C)C)C(I)(CC)C(C)C1=CCC1I. The third kappa shape index (κ3) is 3.58. The highest BCUT2D eigenvalue weighted by Crippen LogP contribution is 2.51. The normalized spacial score (nSPS) is 25.3. The van der Waals surface area contributed by atoms with E-state index in [1.807, 2.05) is 0 Å². The minimum Gasteiger partial charge on any atom is -0.0995 e. The van der Waals surface area contributed by atoms with E-state index in [9.17, 15) is 0 Å². The molecule has 1 aliphatic rings. The molecule has 0 amide bonds. The lowest BCUT2D eigenvalue weighted by molar-refractivity contribution is 0.279. The van der Waals surface area contributed by atoms with E-state index in [4.69, 9.17) is 0 Å². The summed E-state index contributed by atoms with van der Waals surface area (Å²) in [7, 11) is 0. The van der Waals surface area contributed by atoms with Crippen LogP contribution in [0.1, 0.15) is 53.9 Å². The molecule has 0 spiro atoms. The first kappa shape index (κ1) is 18.0. The average Bonchev–Trinajstić information content (AvgIpc) is 2.35. The minimum atomic E-state index is 0.314. The summed E-state index contributed by atoms with van der Waals surface area (Å²) in [6.45, 7) is 16.1. The van der Waals surface area contributed by atoms with Crippen LogP contribution in [0.3, 0.4) is 0 Å². The Balaban J connectivity index is 3.09. The Labute approximate surface area is 147 Å². The van der Waals surface area contributed by atoms with Gasteiger partial charge < -0.3 is 0 Å². The van der Waals surface area contributed by atoms with Crippen LogP contribution in [0.2, 0.25) is 0 Å². The molecule has 0 aromatic rings. The van der Waals surface area contributed by atoms with Crippen molar-refractivity contribution in [2.75, 3.05) is 0 Å². The molecule has 0 heterocycles. The van der Waals surface area contributed by atoms with Gasteiger partial charge in [0.05, 0.1) is 0 Å². The summed E-state index contributed by atoms with van der Waals surface area (Å²) in [5.74, 6) is 1.94. The van der Waals surface area contributed by atoms with E-state index in [0.29, 0.717) is 21.2 Å². The zero-order chi connectivity index (χ0) is 14.8. The van der Waals surface area contributed by atoms with E-state index in [1.54, 1.807) is 5.57 Å². The van der Waals surface area contributed by atoms with Crippen molar-refractivity contribution >= 4 is 45.2 Å². The molecule has 0 aromatic carbocycles. The van der Waals surface area contributed by atoms with Gasteiger partial charge in [-0.2, -0.15) is 0 Å². The van der Waals surface area contributed by atoms with Crippen molar-refractivity contribution < 1.29 is 0 Å². The first-order valence-electron chi connectivity index (χ1n) is 7.50. The number of allylic oxidation sites excluding steroid dienone is 3. The van der Waals surface area contributed by atoms with Gasteiger partial charge in [0.2, 0.25) is 0 Å². The second-order valence-corrected chi connectivity index (χ2v) is 9.65. The van der Waals surface area contributed by atoms with Crippen molar-refractivity contribution in [2.24, 2.45) is 17.8 Å². The minimum absolute atomic E-state index is 0.314. The Kier molecular flexibility index (Phi) is 6.89. The average molecular weight is 486 g/mol. The zero-order valence-electron chi connectivity index (χ0n) is 13.0. The van der Waals surface area contributed by atoms with Gasteiger partial charge >= 0.3 is 0 Å². The molecule has 1 aliphatic carbocycles. The lowest BCUT2D eigenvalue weighted by Crippen LogP contribution is -2.44. The largest absolute Gasteiger partial charge is 0.0995 e. The van der Waals surface area contributed by atoms with Crippen LogP contribution < -0.4 is 0 Å². The summed E-state index contributed by atoms with van der Waals surface area (Å²) in [5.41, 5.74) is 3.11. The van der Waals surface area contributed by atoms with E-state index >= 15 is 0 Å². The van der Waals surface area contributed by atoms with Gasteiger partial charge in [-0.05, 0) is 37.0 Å². The van der Waals surface area contributed by atoms with Crippen molar-refractivity contribution in [3.63, 3.8) is 0 Å². The van der Waals surface area contributed by atoms with E-state index < -0.39 is 0 Å². The highest BCUT2D eigenvalue weighted by atomic mass is 127. The van der Waals surface area contributed by atoms with Crippen LogP contribution in [-0.2, 0) is 0 Å². The Bertz CT molecular complexity index is 356. The van der Waals surface area contributed by atoms with E-state index in [0.717, 1.165) is 10.3 Å². The molecule has 0 radical (unpaired) electrons. The summed E-state index contributed by atoms with van der Waals surface area (Å²) in [6.07, 6.45) is 6.04. The fourth-order valence-electron chi connectivity index (χ4n) is 3.45. The van der Waals surface area contributed by atoms with E-state index in [2.05, 4.69) is 92.5 Å². The topological polar surface area (TPSA) is 0 Å². The maximum atomic E-state index is 4.39. The van der Waals surface area contributed by atoms with Gasteiger partial charge in [0, 0.05) is 7.35 Å². The summed E-state index contributed by atoms with van der Waals surface area (Å²) < 4.78 is 1.07. The van der Waals surface area contributed by atoms with E-state index in [1.165, 1.54) is 18.4 Å². The Morgan fingerprint density at radius 1 is 1.42 bits per heavy atom. The molecule has 0 saturated carbocycles. The summed E-state index contributed by atoms with van der Waals surface area (Å²) in [6, 6.07) is 0. The number of halogens is 2. The molecule has 19 heavy (non-hydrogen) atoms. The van der Waals surface area contributed by atoms with Crippen LogP contribution in [0, 0.1) is 17.8 Å². The number of hydrogen-bond acceptors (Lipinski definition) is 0. The highest BCUT2D eigenvalue weighted by Gasteiger charge is 2.45. The molecule has 4 atom stereocenters. The third-order valence-electron chi connectivity index (χ3n) is 4.76. The van der Waals surface area contributed by atoms with Gasteiger partial charge in [-0.15, -0.1) is 0 Å². The van der Waals surface area contributed by atoms with Crippen LogP contribution in [0.25, 0.3) is 0 Å². The fourth-order valence-corrected chi connectivity index (χ4v) is 6.02. The zero-order valence-corrected chi connectivity index (χ0v) is 17.3. The predicted molar refractivity (Wildman–Crippen MR) is 104 cm³/mol. The fraction of sp³-hybridized carbons (Fsp3) is 0.765. The first-order valence-corrected chi connectivity index (χ1v) is 9.82. The van der Waals surface area contributed by atoms with Crippen molar-refractivity contribution in [2.45, 2.75) is 61.2 Å². The Morgan fingerprint density at radius 2 is 2.00 bits per heavy atom. The second-order valence-electron chi connectivity index (χ2n) is 6.14. The molecule has 0 nitrogen and oxygen atoms in total. The van der Waals surface area contributed by atoms with Crippen molar-refractivity contribution in [1.29, 1.82) is 0 Å². The molecular weight excluding hydrogens is 458 g/mol. The summed E-state index contributed by atoms with van der Waals surface area (Å²) in [5, 5.41) is 0. The molecule has 110 valence electrons. The molecule has 0 saturated heterocycles. The van der Waals surface area contributed by atoms with Crippen LogP contribution in [0.5, 0.6) is 0 Å². The third-order valence-corrected chi connectivity index (χ3v) is 8.36. The molecule has 2 heteroatoms. The molecule has 4 unspecified atom stereocenters. The van der Waals surface area contributed by atoms with Gasteiger partial charge in [-0.25, -0.2) is 0 Å². The Morgan fingerprint density at radius 3 is 2.26 bits per heavy atom. The van der Waals surface area contributed by atoms with Crippen LogP contribution >= 0.6 is 45.2 Å². The highest BCUT2D eigenvalue weighted by molar-refractivity contribution is 14.1. The number of rotatable bonds is 7. The van der Waals surface area contributed by atoms with Crippen molar-refractivity contribution in [3.05, 3.63) is 23.8 Å². The van der Waals surface area contributed by atoms with Gasteiger partial charge in [0.15, 0.2) is 0 Å². The standard InChI is InChI=1S/C17H28I2/c1-7-12(5)16(11(3)4)17(19,8-2)13(6)14-9-10-15(14)18/h9,11,13,15-16H,5,7-8,10H2,1-4,6H3. The predicted octanol–water partition coefficient (Wildman–Crippen LogP) is 6.58. The molecule has 0 aromatic heterocycles. The molecule has 1 rings (SSSR count).